The van der Waals surface area contributed by atoms with Crippen LogP contribution in [0.5, 0.6) is 0 Å². The lowest BCUT2D eigenvalue weighted by atomic mass is 9.98. The summed E-state index contributed by atoms with van der Waals surface area (Å²) >= 11 is 0. The first kappa shape index (κ1) is 11.9. The van der Waals surface area contributed by atoms with Gasteiger partial charge >= 0.3 is 0 Å². The normalized spacial score (nSPS) is 17.4. The van der Waals surface area contributed by atoms with Gasteiger partial charge in [0.1, 0.15) is 17.1 Å². The number of nitrogens with one attached hydrogen (secondary N) is 1. The second-order valence-electron chi connectivity index (χ2n) is 4.20. The van der Waals surface area contributed by atoms with Crippen LogP contribution in [0.4, 0.5) is 4.39 Å². The predicted molar refractivity (Wildman–Crippen MR) is 57.0 cm³/mol. The zero-order valence-electron chi connectivity index (χ0n) is 9.36. The molecule has 17 heavy (non-hydrogen) atoms. The molecule has 5 nitrogen and oxygen atoms in total. The molecule has 6 heteroatoms. The third kappa shape index (κ3) is 2.27. The second kappa shape index (κ2) is 4.38. The molecule has 0 bridgehead atoms. The molecule has 1 fully saturated rings. The summed E-state index contributed by atoms with van der Waals surface area (Å²) < 4.78 is 17.8. The number of carbonyl (C=O) groups excluding carboxylic acids is 1. The van der Waals surface area contributed by atoms with Crippen molar-refractivity contribution in [2.45, 2.75) is 12.5 Å². The van der Waals surface area contributed by atoms with Crippen molar-refractivity contribution in [3.05, 3.63) is 29.3 Å². The molecule has 2 heterocycles. The fourth-order valence-corrected chi connectivity index (χ4v) is 1.63. The van der Waals surface area contributed by atoms with Gasteiger partial charge in [0.05, 0.1) is 26.0 Å². The predicted octanol–water partition coefficient (Wildman–Crippen LogP) is 0.0202. The molecule has 2 rings (SSSR count). The van der Waals surface area contributed by atoms with E-state index in [-0.39, 0.29) is 25.5 Å². The van der Waals surface area contributed by atoms with Gasteiger partial charge in [-0.15, -0.1) is 0 Å². The van der Waals surface area contributed by atoms with Crippen LogP contribution in [0.25, 0.3) is 0 Å². The molecular formula is C11H13FN2O3. The quantitative estimate of drug-likeness (QED) is 0.781. The number of carbonyl (C=O) groups is 1. The monoisotopic (exact) mass is 240 g/mol. The summed E-state index contributed by atoms with van der Waals surface area (Å²) in [5, 5.41) is 11.8. The number of ether oxygens (including phenoxy) is 1. The average molecular weight is 240 g/mol. The molecule has 0 atom stereocenters. The molecular weight excluding hydrogens is 227 g/mol. The van der Waals surface area contributed by atoms with Crippen LogP contribution >= 0.6 is 0 Å². The maximum absolute atomic E-state index is 12.8. The first-order chi connectivity index (χ1) is 8.06. The summed E-state index contributed by atoms with van der Waals surface area (Å²) in [6.07, 6.45) is 0.991. The summed E-state index contributed by atoms with van der Waals surface area (Å²) in [6, 6.07) is 1.24. The molecule has 1 saturated heterocycles. The van der Waals surface area contributed by atoms with Gasteiger partial charge in [0.2, 0.25) is 0 Å². The van der Waals surface area contributed by atoms with Gasteiger partial charge in [-0.05, 0) is 18.6 Å². The number of hydrogen-bond acceptors (Lipinski definition) is 4. The van der Waals surface area contributed by atoms with Crippen LogP contribution in [0.2, 0.25) is 0 Å². The van der Waals surface area contributed by atoms with Gasteiger partial charge in [0.25, 0.3) is 5.91 Å². The molecule has 1 amide bonds. The first-order valence-electron chi connectivity index (χ1n) is 5.20. The number of hydrogen-bond donors (Lipinski definition) is 2. The van der Waals surface area contributed by atoms with Crippen molar-refractivity contribution in [1.82, 2.24) is 10.3 Å². The lowest BCUT2D eigenvalue weighted by Crippen LogP contribution is -2.64. The number of aliphatic hydroxyl groups excluding tert-OH is 1. The highest BCUT2D eigenvalue weighted by Crippen LogP contribution is 2.17. The zero-order valence-corrected chi connectivity index (χ0v) is 9.36. The largest absolute Gasteiger partial charge is 0.394 e. The third-order valence-electron chi connectivity index (χ3n) is 2.70. The maximum atomic E-state index is 12.8. The van der Waals surface area contributed by atoms with Crippen LogP contribution in [-0.2, 0) is 4.74 Å². The Labute approximate surface area is 97.6 Å². The van der Waals surface area contributed by atoms with Crippen molar-refractivity contribution < 1.29 is 19.0 Å². The van der Waals surface area contributed by atoms with Gasteiger partial charge < -0.3 is 15.2 Å². The highest BCUT2D eigenvalue weighted by molar-refractivity contribution is 5.94. The molecule has 92 valence electrons. The molecule has 1 aromatic heterocycles. The van der Waals surface area contributed by atoms with E-state index in [1.165, 1.54) is 6.07 Å². The Morgan fingerprint density at radius 3 is 2.88 bits per heavy atom. The molecule has 0 radical (unpaired) electrons. The average Bonchev–Trinajstić information content (AvgIpc) is 2.23. The molecule has 1 aliphatic rings. The van der Waals surface area contributed by atoms with E-state index in [2.05, 4.69) is 10.3 Å². The number of aryl methyl sites for hydroxylation is 1. The van der Waals surface area contributed by atoms with E-state index in [9.17, 15) is 14.3 Å². The third-order valence-corrected chi connectivity index (χ3v) is 2.70. The summed E-state index contributed by atoms with van der Waals surface area (Å²) in [4.78, 5) is 15.6. The fraction of sp³-hybridized carbons (Fsp3) is 0.455. The van der Waals surface area contributed by atoms with Crippen molar-refractivity contribution in [1.29, 1.82) is 0 Å². The Hall–Kier alpha value is -1.53. The minimum atomic E-state index is -0.723. The van der Waals surface area contributed by atoms with Crippen molar-refractivity contribution in [3.63, 3.8) is 0 Å². The Morgan fingerprint density at radius 1 is 1.71 bits per heavy atom. The van der Waals surface area contributed by atoms with Crippen molar-refractivity contribution in [2.24, 2.45) is 0 Å². The molecule has 1 aliphatic heterocycles. The molecule has 0 spiro atoms. The molecule has 0 aromatic carbocycles. The highest BCUT2D eigenvalue weighted by atomic mass is 19.1. The van der Waals surface area contributed by atoms with E-state index in [1.54, 1.807) is 6.92 Å². The number of rotatable bonds is 3. The Morgan fingerprint density at radius 2 is 2.41 bits per heavy atom. The van der Waals surface area contributed by atoms with Crippen LogP contribution in [0.3, 0.4) is 0 Å². The number of amides is 1. The maximum Gasteiger partial charge on any atom is 0.270 e. The zero-order chi connectivity index (χ0) is 12.5. The Balaban J connectivity index is 2.14. The Bertz CT molecular complexity index is 441. The lowest BCUT2D eigenvalue weighted by molar-refractivity contribution is -0.0920. The van der Waals surface area contributed by atoms with Crippen LogP contribution in [0.1, 0.15) is 16.1 Å². The topological polar surface area (TPSA) is 71.5 Å². The van der Waals surface area contributed by atoms with Gasteiger partial charge in [-0.2, -0.15) is 0 Å². The van der Waals surface area contributed by atoms with Crippen molar-refractivity contribution in [3.8, 4) is 0 Å². The summed E-state index contributed by atoms with van der Waals surface area (Å²) in [7, 11) is 0. The van der Waals surface area contributed by atoms with E-state index in [0.717, 1.165) is 6.20 Å². The highest BCUT2D eigenvalue weighted by Gasteiger charge is 2.40. The lowest BCUT2D eigenvalue weighted by Gasteiger charge is -2.40. The van der Waals surface area contributed by atoms with E-state index >= 15 is 0 Å². The molecule has 1 aromatic rings. The minimum Gasteiger partial charge on any atom is -0.394 e. The van der Waals surface area contributed by atoms with Crippen LogP contribution in [0, 0.1) is 12.7 Å². The van der Waals surface area contributed by atoms with Gasteiger partial charge in [0.15, 0.2) is 0 Å². The number of nitrogens with zero attached hydrogens (tertiary/aromatic N) is 1. The second-order valence-corrected chi connectivity index (χ2v) is 4.20. The SMILES string of the molecule is Cc1cc(F)cnc1C(=O)NC1(CO)COC1. The number of aliphatic hydroxyl groups is 1. The number of halogens is 1. The van der Waals surface area contributed by atoms with Crippen molar-refractivity contribution >= 4 is 5.91 Å². The van der Waals surface area contributed by atoms with E-state index in [0.29, 0.717) is 5.56 Å². The van der Waals surface area contributed by atoms with Gasteiger partial charge in [-0.25, -0.2) is 9.37 Å². The van der Waals surface area contributed by atoms with E-state index < -0.39 is 17.3 Å². The van der Waals surface area contributed by atoms with Crippen LogP contribution in [0.15, 0.2) is 12.3 Å². The fourth-order valence-electron chi connectivity index (χ4n) is 1.63. The smallest absolute Gasteiger partial charge is 0.270 e. The standard InChI is InChI=1S/C11H13FN2O3/c1-7-2-8(12)3-13-9(7)10(16)14-11(4-15)5-17-6-11/h2-3,15H,4-6H2,1H3,(H,14,16). The first-order valence-corrected chi connectivity index (χ1v) is 5.20. The number of pyridine rings is 1. The van der Waals surface area contributed by atoms with Gasteiger partial charge in [-0.1, -0.05) is 0 Å². The van der Waals surface area contributed by atoms with E-state index in [1.807, 2.05) is 0 Å². The minimum absolute atomic E-state index is 0.158. The molecule has 0 aliphatic carbocycles. The van der Waals surface area contributed by atoms with Gasteiger partial charge in [-0.3, -0.25) is 4.79 Å². The van der Waals surface area contributed by atoms with Crippen LogP contribution < -0.4 is 5.32 Å². The summed E-state index contributed by atoms with van der Waals surface area (Å²) in [5.41, 5.74) is -0.110. The number of aromatic nitrogens is 1. The Kier molecular flexibility index (Phi) is 3.08. The molecule has 2 N–H and O–H groups in total. The molecule has 0 saturated carbocycles. The van der Waals surface area contributed by atoms with Gasteiger partial charge in [0, 0.05) is 0 Å². The summed E-state index contributed by atoms with van der Waals surface area (Å²) in [5.74, 6) is -0.914. The van der Waals surface area contributed by atoms with Crippen LogP contribution in [-0.4, -0.2) is 41.4 Å². The van der Waals surface area contributed by atoms with Crippen molar-refractivity contribution in [2.75, 3.05) is 19.8 Å². The molecule has 0 unspecified atom stereocenters. The summed E-state index contributed by atoms with van der Waals surface area (Å²) in [6.45, 7) is 1.96. The van der Waals surface area contributed by atoms with E-state index in [4.69, 9.17) is 4.74 Å².